The number of halogens is 3. The average molecular weight is 397 g/mol. The zero-order valence-corrected chi connectivity index (χ0v) is 15.9. The van der Waals surface area contributed by atoms with Crippen molar-refractivity contribution in [3.8, 4) is 11.4 Å². The van der Waals surface area contributed by atoms with Gasteiger partial charge in [0.1, 0.15) is 17.1 Å². The molecule has 0 bridgehead atoms. The highest BCUT2D eigenvalue weighted by atomic mass is 19.4. The van der Waals surface area contributed by atoms with Gasteiger partial charge in [-0.15, -0.1) is 0 Å². The third-order valence-corrected chi connectivity index (χ3v) is 4.43. The Morgan fingerprint density at radius 1 is 1.18 bits per heavy atom. The topological polar surface area (TPSA) is 68.5 Å². The number of alkyl halides is 3. The summed E-state index contributed by atoms with van der Waals surface area (Å²) in [6.07, 6.45) is -2.60. The monoisotopic (exact) mass is 397 g/mol. The molecule has 6 nitrogen and oxygen atoms in total. The first-order valence-electron chi connectivity index (χ1n) is 9.01. The van der Waals surface area contributed by atoms with E-state index in [1.54, 1.807) is 11.0 Å². The summed E-state index contributed by atoms with van der Waals surface area (Å²) in [7, 11) is 0. The van der Waals surface area contributed by atoms with Crippen LogP contribution >= 0.6 is 0 Å². The molecule has 3 heterocycles. The molecule has 0 N–H and O–H groups in total. The molecular formula is C19H22F3N3O3. The summed E-state index contributed by atoms with van der Waals surface area (Å²) < 4.78 is 48.7. The van der Waals surface area contributed by atoms with Crippen LogP contribution in [-0.2, 0) is 10.9 Å². The molecule has 2 aromatic rings. The van der Waals surface area contributed by atoms with Gasteiger partial charge in [-0.3, -0.25) is 4.98 Å². The number of aromatic nitrogens is 2. The third kappa shape index (κ3) is 4.82. The predicted molar refractivity (Wildman–Crippen MR) is 94.5 cm³/mol. The average Bonchev–Trinajstić information content (AvgIpc) is 3.10. The number of pyridine rings is 1. The Balaban J connectivity index is 1.62. The summed E-state index contributed by atoms with van der Waals surface area (Å²) >= 11 is 0. The van der Waals surface area contributed by atoms with Crippen LogP contribution in [-0.4, -0.2) is 39.8 Å². The van der Waals surface area contributed by atoms with Crippen molar-refractivity contribution in [1.82, 2.24) is 15.0 Å². The van der Waals surface area contributed by atoms with Crippen LogP contribution in [0, 0.1) is 0 Å². The van der Waals surface area contributed by atoms with Gasteiger partial charge in [0.05, 0.1) is 11.3 Å². The second-order valence-electron chi connectivity index (χ2n) is 7.79. The second kappa shape index (κ2) is 7.44. The van der Waals surface area contributed by atoms with Crippen molar-refractivity contribution >= 4 is 6.09 Å². The van der Waals surface area contributed by atoms with Crippen LogP contribution in [0.15, 0.2) is 28.9 Å². The first-order valence-corrected chi connectivity index (χ1v) is 9.01. The first kappa shape index (κ1) is 20.2. The molecule has 0 saturated carbocycles. The molecule has 0 radical (unpaired) electrons. The lowest BCUT2D eigenvalue weighted by Gasteiger charge is -2.32. The molecule has 1 aliphatic heterocycles. The molecule has 1 amide bonds. The quantitative estimate of drug-likeness (QED) is 0.723. The fourth-order valence-corrected chi connectivity index (χ4v) is 2.99. The van der Waals surface area contributed by atoms with Gasteiger partial charge in [-0.25, -0.2) is 4.79 Å². The lowest BCUT2D eigenvalue weighted by molar-refractivity contribution is -0.137. The molecule has 3 rings (SSSR count). The number of rotatable bonds is 2. The fourth-order valence-electron chi connectivity index (χ4n) is 2.99. The van der Waals surface area contributed by atoms with Crippen molar-refractivity contribution in [2.75, 3.05) is 13.1 Å². The third-order valence-electron chi connectivity index (χ3n) is 4.43. The molecule has 1 aliphatic rings. The van der Waals surface area contributed by atoms with Crippen LogP contribution in [0.5, 0.6) is 0 Å². The normalized spacial score (nSPS) is 16.3. The van der Waals surface area contributed by atoms with Crippen molar-refractivity contribution in [1.29, 1.82) is 0 Å². The summed E-state index contributed by atoms with van der Waals surface area (Å²) in [6, 6.07) is 3.94. The highest BCUT2D eigenvalue weighted by Crippen LogP contribution is 2.32. The number of hydrogen-bond donors (Lipinski definition) is 0. The van der Waals surface area contributed by atoms with E-state index in [1.165, 1.54) is 6.07 Å². The molecule has 0 atom stereocenters. The van der Waals surface area contributed by atoms with Gasteiger partial charge in [0, 0.05) is 31.3 Å². The van der Waals surface area contributed by atoms with Crippen molar-refractivity contribution in [3.05, 3.63) is 35.7 Å². The zero-order valence-electron chi connectivity index (χ0n) is 15.9. The highest BCUT2D eigenvalue weighted by Gasteiger charge is 2.31. The van der Waals surface area contributed by atoms with E-state index in [0.29, 0.717) is 43.1 Å². The van der Waals surface area contributed by atoms with Gasteiger partial charge in [-0.2, -0.15) is 13.2 Å². The number of amides is 1. The number of carbonyl (C=O) groups excluding carboxylic acids is 1. The molecule has 28 heavy (non-hydrogen) atoms. The molecule has 1 fully saturated rings. The number of hydrogen-bond acceptors (Lipinski definition) is 5. The van der Waals surface area contributed by atoms with Crippen LogP contribution in [0.3, 0.4) is 0 Å². The lowest BCUT2D eigenvalue weighted by Crippen LogP contribution is -2.41. The lowest BCUT2D eigenvalue weighted by atomic mass is 9.94. The predicted octanol–water partition coefficient (Wildman–Crippen LogP) is 4.87. The van der Waals surface area contributed by atoms with Crippen molar-refractivity contribution in [2.45, 2.75) is 51.3 Å². The van der Waals surface area contributed by atoms with E-state index in [9.17, 15) is 18.0 Å². The zero-order chi connectivity index (χ0) is 20.5. The maximum absolute atomic E-state index is 12.6. The van der Waals surface area contributed by atoms with Gasteiger partial charge in [0.15, 0.2) is 0 Å². The van der Waals surface area contributed by atoms with E-state index in [2.05, 4.69) is 10.1 Å². The maximum atomic E-state index is 12.6. The molecule has 1 saturated heterocycles. The minimum atomic E-state index is -4.43. The smallest absolute Gasteiger partial charge is 0.417 e. The van der Waals surface area contributed by atoms with E-state index in [-0.39, 0.29) is 12.0 Å². The summed E-state index contributed by atoms with van der Waals surface area (Å²) in [5.41, 5.74) is -0.649. The van der Waals surface area contributed by atoms with Crippen LogP contribution in [0.2, 0.25) is 0 Å². The molecule has 0 unspecified atom stereocenters. The van der Waals surface area contributed by atoms with Crippen LogP contribution in [0.25, 0.3) is 11.4 Å². The maximum Gasteiger partial charge on any atom is 0.417 e. The van der Waals surface area contributed by atoms with E-state index >= 15 is 0 Å². The summed E-state index contributed by atoms with van der Waals surface area (Å²) in [6.45, 7) is 6.54. The fraction of sp³-hybridized carbons (Fsp3) is 0.526. The number of ether oxygens (including phenoxy) is 1. The SMILES string of the molecule is CC(C)(C)OC(=O)N1CCC(c2cc(-c3ccc(C(F)(F)F)cn3)no2)CC1. The number of carbonyl (C=O) groups is 1. The molecule has 9 heteroatoms. The Labute approximate surface area is 160 Å². The summed E-state index contributed by atoms with van der Waals surface area (Å²) in [5.74, 6) is 0.718. The molecule has 2 aromatic heterocycles. The van der Waals surface area contributed by atoms with Crippen LogP contribution < -0.4 is 0 Å². The molecular weight excluding hydrogens is 375 g/mol. The second-order valence-corrected chi connectivity index (χ2v) is 7.79. The number of nitrogens with zero attached hydrogens (tertiary/aromatic N) is 3. The summed E-state index contributed by atoms with van der Waals surface area (Å²) in [5, 5.41) is 3.93. The number of piperidine rings is 1. The number of likely N-dealkylation sites (tertiary alicyclic amines) is 1. The van der Waals surface area contributed by atoms with Crippen molar-refractivity contribution in [2.24, 2.45) is 0 Å². The molecule has 0 spiro atoms. The Morgan fingerprint density at radius 3 is 2.39 bits per heavy atom. The van der Waals surface area contributed by atoms with Gasteiger partial charge >= 0.3 is 12.3 Å². The Morgan fingerprint density at radius 2 is 1.86 bits per heavy atom. The van der Waals surface area contributed by atoms with Gasteiger partial charge in [0.25, 0.3) is 0 Å². The Hall–Kier alpha value is -2.58. The van der Waals surface area contributed by atoms with Crippen LogP contribution in [0.4, 0.5) is 18.0 Å². The first-order chi connectivity index (χ1) is 13.0. The van der Waals surface area contributed by atoms with E-state index in [1.807, 2.05) is 20.8 Å². The highest BCUT2D eigenvalue weighted by molar-refractivity contribution is 5.68. The van der Waals surface area contributed by atoms with E-state index in [4.69, 9.17) is 9.26 Å². The summed E-state index contributed by atoms with van der Waals surface area (Å²) in [4.78, 5) is 17.6. The van der Waals surface area contributed by atoms with Gasteiger partial charge in [0.2, 0.25) is 0 Å². The molecule has 152 valence electrons. The van der Waals surface area contributed by atoms with E-state index < -0.39 is 17.3 Å². The largest absolute Gasteiger partial charge is 0.444 e. The van der Waals surface area contributed by atoms with E-state index in [0.717, 1.165) is 12.3 Å². The molecule has 0 aromatic carbocycles. The van der Waals surface area contributed by atoms with Gasteiger partial charge in [-0.05, 0) is 45.7 Å². The van der Waals surface area contributed by atoms with Crippen molar-refractivity contribution < 1.29 is 27.2 Å². The minimum Gasteiger partial charge on any atom is -0.444 e. The van der Waals surface area contributed by atoms with Crippen LogP contribution in [0.1, 0.15) is 50.9 Å². The Kier molecular flexibility index (Phi) is 5.36. The van der Waals surface area contributed by atoms with Crippen molar-refractivity contribution in [3.63, 3.8) is 0 Å². The van der Waals surface area contributed by atoms with Gasteiger partial charge in [-0.1, -0.05) is 5.16 Å². The molecule has 0 aliphatic carbocycles. The standard InChI is InChI=1S/C19H22F3N3O3/c1-18(2,3)27-17(26)25-8-6-12(7-9-25)16-10-15(24-28-16)14-5-4-13(11-23-14)19(20,21)22/h4-5,10-12H,6-9H2,1-3H3. The Bertz CT molecular complexity index is 817. The van der Waals surface area contributed by atoms with Gasteiger partial charge < -0.3 is 14.2 Å². The minimum absolute atomic E-state index is 0.0781.